The van der Waals surface area contributed by atoms with Crippen LogP contribution >= 0.6 is 0 Å². The number of aliphatic hydroxyl groups is 1. The lowest BCUT2D eigenvalue weighted by molar-refractivity contribution is -0.187. The van der Waals surface area contributed by atoms with E-state index >= 15 is 4.39 Å². The van der Waals surface area contributed by atoms with Gasteiger partial charge in [0.25, 0.3) is 5.91 Å². The summed E-state index contributed by atoms with van der Waals surface area (Å²) in [4.78, 5) is 40.5. The molecule has 1 aromatic heterocycles. The van der Waals surface area contributed by atoms with Crippen LogP contribution in [0, 0.1) is 11.6 Å². The second kappa shape index (κ2) is 11.0. The SMILES string of the molecule is C[C@H](N(Cc1ccc(F)c(F)c1)C(=O)CN1C(=O)N[C@]2(C[C@@H](F)c3cc(-c4cnn(CCO)c4)ccc32)C1=O)C(F)(F)F. The summed E-state index contributed by atoms with van der Waals surface area (Å²) in [5, 5.41) is 15.6. The molecule has 1 spiro atoms. The summed E-state index contributed by atoms with van der Waals surface area (Å²) in [6.45, 7) is -1.12. The Morgan fingerprint density at radius 1 is 1.16 bits per heavy atom. The molecule has 9 nitrogen and oxygen atoms in total. The van der Waals surface area contributed by atoms with E-state index < -0.39 is 72.9 Å². The molecule has 0 unspecified atom stereocenters. The topological polar surface area (TPSA) is 108 Å². The Balaban J connectivity index is 1.40. The maximum atomic E-state index is 15.4. The van der Waals surface area contributed by atoms with Gasteiger partial charge in [0.05, 0.1) is 19.3 Å². The zero-order valence-corrected chi connectivity index (χ0v) is 22.5. The van der Waals surface area contributed by atoms with Crippen molar-refractivity contribution in [3.05, 3.63) is 77.1 Å². The van der Waals surface area contributed by atoms with Gasteiger partial charge in [-0.25, -0.2) is 18.0 Å². The first-order valence-electron chi connectivity index (χ1n) is 13.1. The minimum Gasteiger partial charge on any atom is -0.394 e. The molecule has 2 aliphatic rings. The van der Waals surface area contributed by atoms with Crippen molar-refractivity contribution in [1.29, 1.82) is 0 Å². The fourth-order valence-electron chi connectivity index (χ4n) is 5.39. The summed E-state index contributed by atoms with van der Waals surface area (Å²) in [6, 6.07) is 3.38. The third kappa shape index (κ3) is 5.44. The number of carbonyl (C=O) groups excluding carboxylic acids is 3. The number of hydrogen-bond donors (Lipinski definition) is 2. The highest BCUT2D eigenvalue weighted by Crippen LogP contribution is 2.49. The first-order chi connectivity index (χ1) is 20.2. The predicted molar refractivity (Wildman–Crippen MR) is 138 cm³/mol. The molecule has 15 heteroatoms. The number of benzene rings is 2. The summed E-state index contributed by atoms with van der Waals surface area (Å²) >= 11 is 0. The van der Waals surface area contributed by atoms with E-state index in [9.17, 15) is 36.3 Å². The van der Waals surface area contributed by atoms with Crippen molar-refractivity contribution in [3.8, 4) is 11.1 Å². The molecule has 1 fully saturated rings. The molecule has 0 radical (unpaired) electrons. The summed E-state index contributed by atoms with van der Waals surface area (Å²) in [6.07, 6.45) is -3.97. The number of nitrogens with one attached hydrogen (secondary N) is 1. The maximum Gasteiger partial charge on any atom is 0.408 e. The number of urea groups is 1. The Bertz CT molecular complexity index is 1590. The number of halogens is 6. The van der Waals surface area contributed by atoms with Crippen LogP contribution in [0.5, 0.6) is 0 Å². The van der Waals surface area contributed by atoms with Gasteiger partial charge >= 0.3 is 12.2 Å². The summed E-state index contributed by atoms with van der Waals surface area (Å²) in [5.74, 6) is -4.87. The maximum absolute atomic E-state index is 15.4. The lowest BCUT2D eigenvalue weighted by Gasteiger charge is -2.32. The van der Waals surface area contributed by atoms with Crippen molar-refractivity contribution >= 4 is 17.8 Å². The predicted octanol–water partition coefficient (Wildman–Crippen LogP) is 3.96. The Hall–Kier alpha value is -4.40. The zero-order valence-electron chi connectivity index (χ0n) is 22.5. The number of fused-ring (bicyclic) bond motifs is 2. The standard InChI is InChI=1S/C28H25F6N5O4/c1-15(28(32,33)34)38(12-16-2-5-21(29)22(30)8-16)24(41)14-39-25(42)27(36-26(39)43)10-23(31)19-9-17(3-4-20(19)27)18-11-35-37(13-18)6-7-40/h2-5,8-9,11,13,15,23,40H,6-7,10,12,14H2,1H3,(H,36,43)/t15-,23+,27-/m0/s1. The third-order valence-electron chi connectivity index (χ3n) is 7.70. The molecule has 3 aromatic rings. The van der Waals surface area contributed by atoms with E-state index in [0.29, 0.717) is 40.0 Å². The van der Waals surface area contributed by atoms with E-state index in [1.165, 1.54) is 23.0 Å². The van der Waals surface area contributed by atoms with Crippen LogP contribution in [0.1, 0.15) is 36.2 Å². The highest BCUT2D eigenvalue weighted by atomic mass is 19.4. The first-order valence-corrected chi connectivity index (χ1v) is 13.1. The average molecular weight is 610 g/mol. The molecule has 1 aliphatic carbocycles. The van der Waals surface area contributed by atoms with E-state index in [-0.39, 0.29) is 29.8 Å². The molecule has 2 heterocycles. The van der Waals surface area contributed by atoms with Gasteiger partial charge in [-0.05, 0) is 47.4 Å². The van der Waals surface area contributed by atoms with Gasteiger partial charge in [-0.1, -0.05) is 18.2 Å². The van der Waals surface area contributed by atoms with Crippen LogP contribution in [0.2, 0.25) is 0 Å². The molecule has 4 amide bonds. The van der Waals surface area contributed by atoms with E-state index in [4.69, 9.17) is 5.11 Å². The number of rotatable bonds is 8. The van der Waals surface area contributed by atoms with Crippen LogP contribution in [0.25, 0.3) is 11.1 Å². The Morgan fingerprint density at radius 2 is 1.91 bits per heavy atom. The molecule has 5 rings (SSSR count). The van der Waals surface area contributed by atoms with Crippen molar-refractivity contribution in [2.45, 2.75) is 50.4 Å². The lowest BCUT2D eigenvalue weighted by atomic mass is 9.90. The monoisotopic (exact) mass is 609 g/mol. The lowest BCUT2D eigenvalue weighted by Crippen LogP contribution is -2.51. The van der Waals surface area contributed by atoms with Crippen molar-refractivity contribution < 1.29 is 45.8 Å². The molecular weight excluding hydrogens is 584 g/mol. The van der Waals surface area contributed by atoms with Crippen LogP contribution in [-0.2, 0) is 28.2 Å². The second-order valence-electron chi connectivity index (χ2n) is 10.4. The number of hydrogen-bond acceptors (Lipinski definition) is 5. The Labute approximate surface area is 240 Å². The number of amides is 4. The summed E-state index contributed by atoms with van der Waals surface area (Å²) in [7, 11) is 0. The molecule has 1 saturated heterocycles. The first kappa shape index (κ1) is 30.1. The van der Waals surface area contributed by atoms with Gasteiger partial charge in [-0.15, -0.1) is 0 Å². The zero-order chi connectivity index (χ0) is 31.3. The van der Waals surface area contributed by atoms with Crippen molar-refractivity contribution in [1.82, 2.24) is 24.9 Å². The van der Waals surface area contributed by atoms with Gasteiger partial charge < -0.3 is 15.3 Å². The largest absolute Gasteiger partial charge is 0.408 e. The number of imide groups is 1. The minimum atomic E-state index is -4.93. The number of aliphatic hydroxyl groups excluding tert-OH is 1. The molecule has 3 atom stereocenters. The van der Waals surface area contributed by atoms with Gasteiger partial charge in [-0.3, -0.25) is 19.2 Å². The van der Waals surface area contributed by atoms with E-state index in [1.54, 1.807) is 12.3 Å². The molecule has 2 N–H and O–H groups in total. The highest BCUT2D eigenvalue weighted by molar-refractivity contribution is 6.10. The van der Waals surface area contributed by atoms with Crippen LogP contribution in [-0.4, -0.2) is 67.9 Å². The second-order valence-corrected chi connectivity index (χ2v) is 10.4. The molecule has 0 bridgehead atoms. The Kier molecular flexibility index (Phi) is 7.71. The van der Waals surface area contributed by atoms with Gasteiger partial charge in [0.1, 0.15) is 24.3 Å². The van der Waals surface area contributed by atoms with E-state index in [2.05, 4.69) is 10.4 Å². The fourth-order valence-corrected chi connectivity index (χ4v) is 5.39. The smallest absolute Gasteiger partial charge is 0.394 e. The number of aromatic nitrogens is 2. The van der Waals surface area contributed by atoms with Gasteiger partial charge in [0.15, 0.2) is 11.6 Å². The van der Waals surface area contributed by atoms with Crippen LogP contribution in [0.4, 0.5) is 31.1 Å². The minimum absolute atomic E-state index is 0.111. The van der Waals surface area contributed by atoms with E-state index in [0.717, 1.165) is 6.07 Å². The summed E-state index contributed by atoms with van der Waals surface area (Å²) < 4.78 is 84.9. The van der Waals surface area contributed by atoms with Crippen molar-refractivity contribution in [2.75, 3.05) is 13.2 Å². The van der Waals surface area contributed by atoms with Gasteiger partial charge in [0.2, 0.25) is 5.91 Å². The quantitative estimate of drug-likeness (QED) is 0.297. The average Bonchev–Trinajstić information content (AvgIpc) is 3.59. The molecule has 0 saturated carbocycles. The van der Waals surface area contributed by atoms with E-state index in [1.807, 2.05) is 0 Å². The van der Waals surface area contributed by atoms with Crippen molar-refractivity contribution in [3.63, 3.8) is 0 Å². The molecule has 1 aliphatic heterocycles. The van der Waals surface area contributed by atoms with Crippen LogP contribution < -0.4 is 5.32 Å². The summed E-state index contributed by atoms with van der Waals surface area (Å²) in [5.41, 5.74) is -0.618. The highest BCUT2D eigenvalue weighted by Gasteiger charge is 2.59. The number of carbonyl (C=O) groups is 3. The normalized spacial score (nSPS) is 20.5. The Morgan fingerprint density at radius 3 is 2.58 bits per heavy atom. The van der Waals surface area contributed by atoms with Gasteiger partial charge in [-0.2, -0.15) is 18.3 Å². The van der Waals surface area contributed by atoms with Gasteiger partial charge in [0, 0.05) is 24.7 Å². The molecular formula is C28H25F6N5O4. The molecule has 2 aromatic carbocycles. The number of alkyl halides is 4. The third-order valence-corrected chi connectivity index (χ3v) is 7.70. The van der Waals surface area contributed by atoms with Crippen molar-refractivity contribution in [2.24, 2.45) is 0 Å². The molecule has 43 heavy (non-hydrogen) atoms. The van der Waals surface area contributed by atoms with Crippen LogP contribution in [0.15, 0.2) is 48.8 Å². The molecule has 228 valence electrons. The fraction of sp³-hybridized carbons (Fsp3) is 0.357. The number of nitrogens with zero attached hydrogens (tertiary/aromatic N) is 4. The van der Waals surface area contributed by atoms with Crippen LogP contribution in [0.3, 0.4) is 0 Å².